The van der Waals surface area contributed by atoms with Crippen LogP contribution in [0.1, 0.15) is 18.1 Å². The van der Waals surface area contributed by atoms with Crippen molar-refractivity contribution in [3.63, 3.8) is 0 Å². The molecule has 156 valence electrons. The second-order valence-corrected chi connectivity index (χ2v) is 7.16. The van der Waals surface area contributed by atoms with Gasteiger partial charge in [-0.15, -0.1) is 0 Å². The molecule has 1 heterocycles. The van der Waals surface area contributed by atoms with Crippen molar-refractivity contribution in [2.75, 3.05) is 31.5 Å². The van der Waals surface area contributed by atoms with Crippen LogP contribution in [0.15, 0.2) is 48.5 Å². The average Bonchev–Trinajstić information content (AvgIpc) is 2.69. The molecule has 0 spiro atoms. The molecule has 1 N–H and O–H groups in total. The number of benzene rings is 2. The quantitative estimate of drug-likeness (QED) is 0.759. The third-order valence-electron chi connectivity index (χ3n) is 5.13. The van der Waals surface area contributed by atoms with E-state index in [1.807, 2.05) is 4.90 Å². The summed E-state index contributed by atoms with van der Waals surface area (Å²) in [7, 11) is 0. The van der Waals surface area contributed by atoms with Crippen LogP contribution >= 0.6 is 0 Å². The van der Waals surface area contributed by atoms with Gasteiger partial charge in [-0.3, -0.25) is 14.6 Å². The summed E-state index contributed by atoms with van der Waals surface area (Å²) < 4.78 is 52.3. The van der Waals surface area contributed by atoms with E-state index in [9.17, 15) is 22.4 Å². The fourth-order valence-electron chi connectivity index (χ4n) is 3.38. The van der Waals surface area contributed by atoms with E-state index in [0.717, 1.165) is 6.07 Å². The largest absolute Gasteiger partial charge is 0.416 e. The zero-order chi connectivity index (χ0) is 21.0. The van der Waals surface area contributed by atoms with E-state index in [0.29, 0.717) is 38.3 Å². The highest BCUT2D eigenvalue weighted by Gasteiger charge is 2.31. The standard InChI is InChI=1S/C21H23F4N3O/c1-15(20(29)26-19-8-3-2-7-18(19)22)28-11-9-27(10-12-28)14-16-5-4-6-17(13-16)21(23,24)25/h2-8,13,15H,9-12,14H2,1H3,(H,26,29). The van der Waals surface area contributed by atoms with Crippen LogP contribution in [-0.4, -0.2) is 47.9 Å². The Kier molecular flexibility index (Phi) is 6.54. The fraction of sp³-hybridized carbons (Fsp3) is 0.381. The van der Waals surface area contributed by atoms with Crippen LogP contribution in [-0.2, 0) is 17.5 Å². The minimum absolute atomic E-state index is 0.146. The highest BCUT2D eigenvalue weighted by Crippen LogP contribution is 2.29. The van der Waals surface area contributed by atoms with E-state index in [1.54, 1.807) is 25.1 Å². The maximum absolute atomic E-state index is 13.7. The number of amides is 1. The lowest BCUT2D eigenvalue weighted by molar-refractivity contribution is -0.137. The molecule has 2 aromatic carbocycles. The number of halogens is 4. The van der Waals surface area contributed by atoms with Crippen LogP contribution in [0.4, 0.5) is 23.2 Å². The topological polar surface area (TPSA) is 35.6 Å². The lowest BCUT2D eigenvalue weighted by Gasteiger charge is -2.37. The number of rotatable bonds is 5. The molecule has 1 fully saturated rings. The van der Waals surface area contributed by atoms with Gasteiger partial charge in [-0.05, 0) is 30.7 Å². The Balaban J connectivity index is 1.52. The van der Waals surface area contributed by atoms with Crippen molar-refractivity contribution in [3.8, 4) is 0 Å². The normalized spacial score (nSPS) is 17.1. The van der Waals surface area contributed by atoms with E-state index in [1.165, 1.54) is 24.3 Å². The monoisotopic (exact) mass is 409 g/mol. The van der Waals surface area contributed by atoms with E-state index >= 15 is 0 Å². The number of alkyl halides is 3. The predicted molar refractivity (Wildman–Crippen MR) is 103 cm³/mol. The van der Waals surface area contributed by atoms with Gasteiger partial charge in [-0.2, -0.15) is 13.2 Å². The summed E-state index contributed by atoms with van der Waals surface area (Å²) in [4.78, 5) is 16.5. The summed E-state index contributed by atoms with van der Waals surface area (Å²) >= 11 is 0. The lowest BCUT2D eigenvalue weighted by atomic mass is 10.1. The minimum Gasteiger partial charge on any atom is -0.322 e. The molecule has 1 amide bonds. The van der Waals surface area contributed by atoms with Crippen LogP contribution in [0.2, 0.25) is 0 Å². The maximum Gasteiger partial charge on any atom is 0.416 e. The van der Waals surface area contributed by atoms with Gasteiger partial charge in [0.05, 0.1) is 17.3 Å². The number of hydrogen-bond donors (Lipinski definition) is 1. The molecule has 0 aromatic heterocycles. The first-order valence-electron chi connectivity index (χ1n) is 9.42. The molecular weight excluding hydrogens is 386 g/mol. The molecule has 8 heteroatoms. The van der Waals surface area contributed by atoms with Crippen molar-refractivity contribution >= 4 is 11.6 Å². The lowest BCUT2D eigenvalue weighted by Crippen LogP contribution is -2.52. The number of nitrogens with zero attached hydrogens (tertiary/aromatic N) is 2. The number of piperazine rings is 1. The van der Waals surface area contributed by atoms with Gasteiger partial charge in [0.1, 0.15) is 5.82 Å². The molecule has 4 nitrogen and oxygen atoms in total. The second-order valence-electron chi connectivity index (χ2n) is 7.16. The third-order valence-corrected chi connectivity index (χ3v) is 5.13. The van der Waals surface area contributed by atoms with Gasteiger partial charge >= 0.3 is 6.18 Å². The van der Waals surface area contributed by atoms with E-state index in [-0.39, 0.29) is 11.6 Å². The number of para-hydroxylation sites is 1. The summed E-state index contributed by atoms with van der Waals surface area (Å²) in [6.45, 7) is 4.66. The molecule has 0 aliphatic carbocycles. The van der Waals surface area contributed by atoms with Gasteiger partial charge in [0.25, 0.3) is 0 Å². The van der Waals surface area contributed by atoms with Crippen molar-refractivity contribution in [1.29, 1.82) is 0 Å². The van der Waals surface area contributed by atoms with Crippen LogP contribution in [0, 0.1) is 5.82 Å². The zero-order valence-corrected chi connectivity index (χ0v) is 16.0. The Hall–Kier alpha value is -2.45. The van der Waals surface area contributed by atoms with Gasteiger partial charge in [0.2, 0.25) is 5.91 Å². The highest BCUT2D eigenvalue weighted by atomic mass is 19.4. The predicted octanol–water partition coefficient (Wildman–Crippen LogP) is 3.99. The van der Waals surface area contributed by atoms with Crippen LogP contribution in [0.3, 0.4) is 0 Å². The molecule has 1 saturated heterocycles. The molecule has 0 radical (unpaired) electrons. The second kappa shape index (κ2) is 8.92. The van der Waals surface area contributed by atoms with Crippen molar-refractivity contribution in [3.05, 3.63) is 65.5 Å². The molecular formula is C21H23F4N3O. The van der Waals surface area contributed by atoms with Gasteiger partial charge in [-0.1, -0.05) is 30.3 Å². The van der Waals surface area contributed by atoms with Crippen LogP contribution in [0.5, 0.6) is 0 Å². The first kappa shape index (κ1) is 21.3. The van der Waals surface area contributed by atoms with Crippen molar-refractivity contribution < 1.29 is 22.4 Å². The first-order chi connectivity index (χ1) is 13.7. The van der Waals surface area contributed by atoms with Crippen molar-refractivity contribution in [1.82, 2.24) is 9.80 Å². The average molecular weight is 409 g/mol. The highest BCUT2D eigenvalue weighted by molar-refractivity contribution is 5.94. The Labute approximate surface area is 167 Å². The number of nitrogens with one attached hydrogen (secondary N) is 1. The van der Waals surface area contributed by atoms with E-state index in [4.69, 9.17) is 0 Å². The smallest absolute Gasteiger partial charge is 0.322 e. The summed E-state index contributed by atoms with van der Waals surface area (Å²) in [6.07, 6.45) is -4.35. The van der Waals surface area contributed by atoms with Gasteiger partial charge in [0.15, 0.2) is 0 Å². The molecule has 1 aliphatic heterocycles. The molecule has 0 saturated carbocycles. The minimum atomic E-state index is -4.35. The Bertz CT molecular complexity index is 848. The number of carbonyl (C=O) groups is 1. The SMILES string of the molecule is CC(C(=O)Nc1ccccc1F)N1CCN(Cc2cccc(C(F)(F)F)c2)CC1. The zero-order valence-electron chi connectivity index (χ0n) is 16.0. The van der Waals surface area contributed by atoms with Gasteiger partial charge in [-0.25, -0.2) is 4.39 Å². The molecule has 1 unspecified atom stereocenters. The molecule has 3 rings (SSSR count). The van der Waals surface area contributed by atoms with Gasteiger partial charge < -0.3 is 5.32 Å². The van der Waals surface area contributed by atoms with Crippen molar-refractivity contribution in [2.45, 2.75) is 25.7 Å². The van der Waals surface area contributed by atoms with Gasteiger partial charge in [0, 0.05) is 32.7 Å². The van der Waals surface area contributed by atoms with Crippen LogP contribution in [0.25, 0.3) is 0 Å². The van der Waals surface area contributed by atoms with Crippen molar-refractivity contribution in [2.24, 2.45) is 0 Å². The fourth-order valence-corrected chi connectivity index (χ4v) is 3.38. The van der Waals surface area contributed by atoms with Crippen LogP contribution < -0.4 is 5.32 Å². The number of hydrogen-bond acceptors (Lipinski definition) is 3. The number of anilines is 1. The molecule has 0 bridgehead atoms. The molecule has 2 aromatic rings. The third kappa shape index (κ3) is 5.55. The van der Waals surface area contributed by atoms with E-state index < -0.39 is 23.6 Å². The summed E-state index contributed by atoms with van der Waals surface area (Å²) in [5.41, 5.74) is 0.109. The summed E-state index contributed by atoms with van der Waals surface area (Å²) in [5, 5.41) is 2.60. The molecule has 1 atom stereocenters. The molecule has 1 aliphatic rings. The first-order valence-corrected chi connectivity index (χ1v) is 9.42. The number of carbonyl (C=O) groups excluding carboxylic acids is 1. The van der Waals surface area contributed by atoms with E-state index in [2.05, 4.69) is 10.2 Å². The Morgan fingerprint density at radius 2 is 1.76 bits per heavy atom. The Morgan fingerprint density at radius 3 is 2.41 bits per heavy atom. The summed E-state index contributed by atoms with van der Waals surface area (Å²) in [6, 6.07) is 10.9. The Morgan fingerprint density at radius 1 is 1.07 bits per heavy atom. The molecule has 29 heavy (non-hydrogen) atoms. The maximum atomic E-state index is 13.7. The summed E-state index contributed by atoms with van der Waals surface area (Å²) in [5.74, 6) is -0.777.